The summed E-state index contributed by atoms with van der Waals surface area (Å²) in [5.74, 6) is -0.846. The van der Waals surface area contributed by atoms with Crippen LogP contribution in [0.3, 0.4) is 0 Å². The number of rotatable bonds is 2. The Labute approximate surface area is 94.1 Å². The summed E-state index contributed by atoms with van der Waals surface area (Å²) in [7, 11) is 1.10. The van der Waals surface area contributed by atoms with Gasteiger partial charge in [0.25, 0.3) is 0 Å². The minimum atomic E-state index is -4.66. The normalized spacial score (nSPS) is 16.7. The molecule has 0 aromatic heterocycles. The second kappa shape index (κ2) is 3.54. The van der Waals surface area contributed by atoms with Gasteiger partial charge in [-0.25, -0.2) is 4.79 Å². The number of alkyl halides is 3. The Morgan fingerprint density at radius 1 is 1.29 bits per heavy atom. The molecule has 1 aromatic rings. The minimum absolute atomic E-state index is 0.183. The maximum absolute atomic E-state index is 12.8. The first-order valence-corrected chi connectivity index (χ1v) is 4.61. The predicted octanol–water partition coefficient (Wildman–Crippen LogP) is 2.65. The van der Waals surface area contributed by atoms with Crippen LogP contribution in [0.1, 0.15) is 15.9 Å². The van der Waals surface area contributed by atoms with Crippen molar-refractivity contribution in [2.75, 3.05) is 7.11 Å². The van der Waals surface area contributed by atoms with Crippen LogP contribution >= 0.6 is 0 Å². The third kappa shape index (κ3) is 1.67. The summed E-state index contributed by atoms with van der Waals surface area (Å²) in [6.45, 7) is 0. The van der Waals surface area contributed by atoms with Crippen LogP contribution in [0.2, 0.25) is 0 Å². The Hall–Kier alpha value is -1.92. The molecule has 0 atom stereocenters. The van der Waals surface area contributed by atoms with Gasteiger partial charge in [-0.2, -0.15) is 13.2 Å². The molecule has 0 amide bonds. The molecular weight excluding hydrogens is 237 g/mol. The number of ether oxygens (including phenoxy) is 1. The van der Waals surface area contributed by atoms with Crippen LogP contribution in [0.25, 0.3) is 0 Å². The van der Waals surface area contributed by atoms with Crippen LogP contribution in [-0.2, 0) is 10.4 Å². The third-order valence-corrected chi connectivity index (χ3v) is 2.40. The smallest absolute Gasteiger partial charge is 0.442 e. The standard InChI is InChI=1S/C10H7F3N2O2/c1-17-8(16)6-4-2-3-5-7(6)9(14-15-9)10(11,12)13/h2-5H,1H3. The topological polar surface area (TPSA) is 51.0 Å². The number of hydrogen-bond acceptors (Lipinski definition) is 4. The first-order chi connectivity index (χ1) is 7.92. The van der Waals surface area contributed by atoms with Gasteiger partial charge in [-0.05, 0) is 6.07 Å². The van der Waals surface area contributed by atoms with Crippen molar-refractivity contribution < 1.29 is 22.7 Å². The number of carbonyl (C=O) groups excluding carboxylic acids is 1. The molecule has 0 unspecified atom stereocenters. The Balaban J connectivity index is 2.50. The third-order valence-electron chi connectivity index (χ3n) is 2.40. The zero-order chi connectivity index (χ0) is 12.7. The first-order valence-electron chi connectivity index (χ1n) is 4.61. The molecule has 0 radical (unpaired) electrons. The highest BCUT2D eigenvalue weighted by molar-refractivity contribution is 5.91. The van der Waals surface area contributed by atoms with Gasteiger partial charge in [-0.1, -0.05) is 18.2 Å². The molecule has 0 spiro atoms. The van der Waals surface area contributed by atoms with Gasteiger partial charge in [0.1, 0.15) is 0 Å². The highest BCUT2D eigenvalue weighted by Gasteiger charge is 2.66. The van der Waals surface area contributed by atoms with Crippen LogP contribution in [0.4, 0.5) is 13.2 Å². The number of methoxy groups -OCH3 is 1. The molecule has 0 N–H and O–H groups in total. The lowest BCUT2D eigenvalue weighted by Crippen LogP contribution is -2.32. The van der Waals surface area contributed by atoms with E-state index in [-0.39, 0.29) is 11.1 Å². The maximum atomic E-state index is 12.8. The average Bonchev–Trinajstić information content (AvgIpc) is 3.08. The van der Waals surface area contributed by atoms with E-state index in [1.165, 1.54) is 24.3 Å². The fourth-order valence-corrected chi connectivity index (χ4v) is 1.50. The van der Waals surface area contributed by atoms with E-state index >= 15 is 0 Å². The molecule has 1 aromatic carbocycles. The van der Waals surface area contributed by atoms with Gasteiger partial charge in [0.05, 0.1) is 12.7 Å². The Morgan fingerprint density at radius 2 is 1.88 bits per heavy atom. The molecular formula is C10H7F3N2O2. The van der Waals surface area contributed by atoms with Crippen molar-refractivity contribution in [1.82, 2.24) is 0 Å². The van der Waals surface area contributed by atoms with E-state index in [1.807, 2.05) is 0 Å². The second-order valence-electron chi connectivity index (χ2n) is 3.41. The summed E-state index contributed by atoms with van der Waals surface area (Å²) < 4.78 is 42.8. The van der Waals surface area contributed by atoms with Gasteiger partial charge < -0.3 is 4.74 Å². The highest BCUT2D eigenvalue weighted by Crippen LogP contribution is 2.53. The molecule has 7 heteroatoms. The fourth-order valence-electron chi connectivity index (χ4n) is 1.50. The van der Waals surface area contributed by atoms with E-state index in [1.54, 1.807) is 0 Å². The predicted molar refractivity (Wildman–Crippen MR) is 50.4 cm³/mol. The van der Waals surface area contributed by atoms with Crippen LogP contribution in [0.5, 0.6) is 0 Å². The number of halogens is 3. The van der Waals surface area contributed by atoms with E-state index in [4.69, 9.17) is 0 Å². The van der Waals surface area contributed by atoms with Gasteiger partial charge >= 0.3 is 17.8 Å². The van der Waals surface area contributed by atoms with Gasteiger partial charge in [0, 0.05) is 5.56 Å². The minimum Gasteiger partial charge on any atom is -0.465 e. The molecule has 2 rings (SSSR count). The van der Waals surface area contributed by atoms with Crippen molar-refractivity contribution >= 4 is 5.97 Å². The van der Waals surface area contributed by atoms with Gasteiger partial charge in [-0.3, -0.25) is 0 Å². The summed E-state index contributed by atoms with van der Waals surface area (Å²) in [4.78, 5) is 11.4. The molecule has 17 heavy (non-hydrogen) atoms. The number of esters is 1. The van der Waals surface area contributed by atoms with Gasteiger partial charge in [0.15, 0.2) is 0 Å². The van der Waals surface area contributed by atoms with Crippen LogP contribution in [0.15, 0.2) is 34.5 Å². The van der Waals surface area contributed by atoms with Crippen LogP contribution in [-0.4, -0.2) is 19.3 Å². The van der Waals surface area contributed by atoms with Crippen molar-refractivity contribution in [2.45, 2.75) is 11.8 Å². The number of benzene rings is 1. The molecule has 0 saturated heterocycles. The van der Waals surface area contributed by atoms with E-state index in [0.29, 0.717) is 0 Å². The van der Waals surface area contributed by atoms with Crippen molar-refractivity contribution in [2.24, 2.45) is 10.2 Å². The summed E-state index contributed by atoms with van der Waals surface area (Å²) in [6.07, 6.45) is -4.66. The fraction of sp³-hybridized carbons (Fsp3) is 0.300. The van der Waals surface area contributed by atoms with Crippen LogP contribution in [0, 0.1) is 0 Å². The first kappa shape index (κ1) is 11.6. The molecule has 0 bridgehead atoms. The molecule has 0 fully saturated rings. The number of nitrogens with zero attached hydrogens (tertiary/aromatic N) is 2. The Morgan fingerprint density at radius 3 is 2.35 bits per heavy atom. The lowest BCUT2D eigenvalue weighted by Gasteiger charge is -2.16. The van der Waals surface area contributed by atoms with E-state index in [2.05, 4.69) is 15.0 Å². The van der Waals surface area contributed by atoms with Crippen molar-refractivity contribution in [3.8, 4) is 0 Å². The molecule has 1 aliphatic heterocycles. The highest BCUT2D eigenvalue weighted by atomic mass is 19.4. The SMILES string of the molecule is COC(=O)c1ccccc1C1(C(F)(F)F)N=N1. The van der Waals surface area contributed by atoms with Crippen molar-refractivity contribution in [3.05, 3.63) is 35.4 Å². The zero-order valence-corrected chi connectivity index (χ0v) is 8.65. The quantitative estimate of drug-likeness (QED) is 0.751. The van der Waals surface area contributed by atoms with Gasteiger partial charge in [-0.15, -0.1) is 10.2 Å². The molecule has 0 saturated carbocycles. The molecule has 1 aliphatic rings. The lowest BCUT2D eigenvalue weighted by molar-refractivity contribution is -0.166. The number of hydrogen-bond donors (Lipinski definition) is 0. The summed E-state index contributed by atoms with van der Waals surface area (Å²) in [6, 6.07) is 5.25. The van der Waals surface area contributed by atoms with E-state index in [9.17, 15) is 18.0 Å². The van der Waals surface area contributed by atoms with E-state index in [0.717, 1.165) is 7.11 Å². The zero-order valence-electron chi connectivity index (χ0n) is 8.65. The monoisotopic (exact) mass is 244 g/mol. The molecule has 4 nitrogen and oxygen atoms in total. The number of carbonyl (C=O) groups is 1. The largest absolute Gasteiger partial charge is 0.465 e. The summed E-state index contributed by atoms with van der Waals surface area (Å²) in [5.41, 5.74) is -3.09. The average molecular weight is 244 g/mol. The molecule has 90 valence electrons. The van der Waals surface area contributed by atoms with Gasteiger partial charge in [0.2, 0.25) is 0 Å². The molecule has 1 heterocycles. The van der Waals surface area contributed by atoms with Crippen molar-refractivity contribution in [3.63, 3.8) is 0 Å². The molecule has 0 aliphatic carbocycles. The Bertz CT molecular complexity index is 491. The Kier molecular flexibility index (Phi) is 2.41. The summed E-state index contributed by atoms with van der Waals surface area (Å²) >= 11 is 0. The van der Waals surface area contributed by atoms with Crippen molar-refractivity contribution in [1.29, 1.82) is 0 Å². The van der Waals surface area contributed by atoms with Crippen LogP contribution < -0.4 is 0 Å². The summed E-state index contributed by atoms with van der Waals surface area (Å²) in [5, 5.41) is 6.09. The van der Waals surface area contributed by atoms with E-state index < -0.39 is 17.8 Å². The lowest BCUT2D eigenvalue weighted by atomic mass is 9.97. The second-order valence-corrected chi connectivity index (χ2v) is 3.41. The maximum Gasteiger partial charge on any atom is 0.442 e.